The Balaban J connectivity index is 3.36. The summed E-state index contributed by atoms with van der Waals surface area (Å²) in [5, 5.41) is 5.83. The Morgan fingerprint density at radius 1 is 1.57 bits per heavy atom. The normalized spacial score (nSPS) is 10.0. The van der Waals surface area contributed by atoms with Crippen LogP contribution in [0.3, 0.4) is 0 Å². The predicted octanol–water partition coefficient (Wildman–Crippen LogP) is 0.682. The third kappa shape index (κ3) is 8.82. The third-order valence-corrected chi connectivity index (χ3v) is 1.58. The van der Waals surface area contributed by atoms with Gasteiger partial charge in [0.1, 0.15) is 0 Å². The van der Waals surface area contributed by atoms with E-state index in [1.165, 1.54) is 0 Å². The maximum Gasteiger partial charge on any atom is 0.243 e. The monoisotopic (exact) mass is 194 g/mol. The zero-order chi connectivity index (χ0) is 10.6. The molecule has 0 aromatic heterocycles. The summed E-state index contributed by atoms with van der Waals surface area (Å²) in [7, 11) is 0. The van der Waals surface area contributed by atoms with E-state index < -0.39 is 0 Å². The molecule has 0 aliphatic carbocycles. The SMILES string of the molecule is C#CCCCNC(=O)/C=C/CNCC. The van der Waals surface area contributed by atoms with Gasteiger partial charge in [-0.05, 0) is 13.0 Å². The summed E-state index contributed by atoms with van der Waals surface area (Å²) in [6.07, 6.45) is 9.97. The van der Waals surface area contributed by atoms with Crippen molar-refractivity contribution in [2.24, 2.45) is 0 Å². The van der Waals surface area contributed by atoms with Crippen LogP contribution in [0.25, 0.3) is 0 Å². The van der Waals surface area contributed by atoms with Gasteiger partial charge in [-0.3, -0.25) is 4.79 Å². The molecule has 0 rings (SSSR count). The highest BCUT2D eigenvalue weighted by molar-refractivity contribution is 5.87. The molecule has 0 unspecified atom stereocenters. The van der Waals surface area contributed by atoms with Crippen molar-refractivity contribution in [1.29, 1.82) is 0 Å². The van der Waals surface area contributed by atoms with E-state index in [0.29, 0.717) is 13.0 Å². The van der Waals surface area contributed by atoms with Crippen LogP contribution in [0.1, 0.15) is 19.8 Å². The van der Waals surface area contributed by atoms with E-state index >= 15 is 0 Å². The molecule has 3 heteroatoms. The van der Waals surface area contributed by atoms with Crippen molar-refractivity contribution in [2.45, 2.75) is 19.8 Å². The molecule has 0 bridgehead atoms. The third-order valence-electron chi connectivity index (χ3n) is 1.58. The molecule has 78 valence electrons. The lowest BCUT2D eigenvalue weighted by Crippen LogP contribution is -2.22. The van der Waals surface area contributed by atoms with E-state index in [0.717, 1.165) is 19.5 Å². The van der Waals surface area contributed by atoms with Crippen LogP contribution < -0.4 is 10.6 Å². The maximum absolute atomic E-state index is 11.1. The van der Waals surface area contributed by atoms with Crippen LogP contribution in [-0.4, -0.2) is 25.5 Å². The Morgan fingerprint density at radius 2 is 2.36 bits per heavy atom. The van der Waals surface area contributed by atoms with Crippen molar-refractivity contribution in [2.75, 3.05) is 19.6 Å². The van der Waals surface area contributed by atoms with E-state index in [2.05, 4.69) is 16.6 Å². The maximum atomic E-state index is 11.1. The van der Waals surface area contributed by atoms with Gasteiger partial charge in [0, 0.05) is 25.6 Å². The van der Waals surface area contributed by atoms with Crippen LogP contribution in [0.4, 0.5) is 0 Å². The number of amides is 1. The summed E-state index contributed by atoms with van der Waals surface area (Å²) in [6.45, 7) is 4.31. The van der Waals surface area contributed by atoms with E-state index in [4.69, 9.17) is 6.42 Å². The first-order chi connectivity index (χ1) is 6.81. The number of terminal acetylenes is 1. The molecule has 14 heavy (non-hydrogen) atoms. The average Bonchev–Trinajstić information content (AvgIpc) is 2.19. The molecule has 2 N–H and O–H groups in total. The molecule has 0 fully saturated rings. The minimum atomic E-state index is -0.0556. The van der Waals surface area contributed by atoms with Crippen molar-refractivity contribution in [3.63, 3.8) is 0 Å². The van der Waals surface area contributed by atoms with E-state index in [-0.39, 0.29) is 5.91 Å². The Labute approximate surface area is 86.0 Å². The van der Waals surface area contributed by atoms with Crippen LogP contribution in [0.2, 0.25) is 0 Å². The Morgan fingerprint density at radius 3 is 3.00 bits per heavy atom. The summed E-state index contributed by atoms with van der Waals surface area (Å²) < 4.78 is 0. The fourth-order valence-corrected chi connectivity index (χ4v) is 0.855. The molecule has 0 aromatic carbocycles. The fraction of sp³-hybridized carbons (Fsp3) is 0.545. The van der Waals surface area contributed by atoms with E-state index in [1.807, 2.05) is 6.92 Å². The Kier molecular flexibility index (Phi) is 8.92. The Bertz CT molecular complexity index is 216. The molecular formula is C11H18N2O. The molecule has 1 amide bonds. The fourth-order valence-electron chi connectivity index (χ4n) is 0.855. The number of carbonyl (C=O) groups excluding carboxylic acids is 1. The zero-order valence-electron chi connectivity index (χ0n) is 8.68. The number of rotatable bonds is 7. The molecule has 0 atom stereocenters. The summed E-state index contributed by atoms with van der Waals surface area (Å²) in [6, 6.07) is 0. The van der Waals surface area contributed by atoms with Crippen molar-refractivity contribution >= 4 is 5.91 Å². The number of hydrogen-bond acceptors (Lipinski definition) is 2. The highest BCUT2D eigenvalue weighted by Crippen LogP contribution is 1.83. The number of nitrogens with one attached hydrogen (secondary N) is 2. The van der Waals surface area contributed by atoms with E-state index in [1.54, 1.807) is 12.2 Å². The average molecular weight is 194 g/mol. The van der Waals surface area contributed by atoms with Gasteiger partial charge in [-0.15, -0.1) is 12.3 Å². The van der Waals surface area contributed by atoms with Crippen LogP contribution in [-0.2, 0) is 4.79 Å². The van der Waals surface area contributed by atoms with Gasteiger partial charge in [0.15, 0.2) is 0 Å². The van der Waals surface area contributed by atoms with Crippen molar-refractivity contribution in [3.05, 3.63) is 12.2 Å². The summed E-state index contributed by atoms with van der Waals surface area (Å²) in [4.78, 5) is 11.1. The second-order valence-corrected chi connectivity index (χ2v) is 2.81. The molecule has 3 nitrogen and oxygen atoms in total. The predicted molar refractivity (Wildman–Crippen MR) is 58.8 cm³/mol. The molecule has 0 saturated carbocycles. The molecule has 0 aromatic rings. The van der Waals surface area contributed by atoms with Gasteiger partial charge in [0.2, 0.25) is 5.91 Å². The summed E-state index contributed by atoms with van der Waals surface area (Å²) in [5.74, 6) is 2.47. The van der Waals surface area contributed by atoms with Crippen LogP contribution >= 0.6 is 0 Å². The largest absolute Gasteiger partial charge is 0.353 e. The molecule has 0 aliphatic rings. The van der Waals surface area contributed by atoms with Crippen molar-refractivity contribution in [3.8, 4) is 12.3 Å². The standard InChI is InChI=1S/C11H18N2O/c1-3-5-6-10-13-11(14)8-7-9-12-4-2/h1,7-8,12H,4-6,9-10H2,2H3,(H,13,14)/b8-7+. The number of carbonyl (C=O) groups is 1. The van der Waals surface area contributed by atoms with Crippen LogP contribution in [0, 0.1) is 12.3 Å². The van der Waals surface area contributed by atoms with E-state index in [9.17, 15) is 4.79 Å². The van der Waals surface area contributed by atoms with Crippen molar-refractivity contribution in [1.82, 2.24) is 10.6 Å². The lowest BCUT2D eigenvalue weighted by atomic mass is 10.3. The minimum absolute atomic E-state index is 0.0556. The summed E-state index contributed by atoms with van der Waals surface area (Å²) in [5.41, 5.74) is 0. The van der Waals surface area contributed by atoms with Crippen LogP contribution in [0.5, 0.6) is 0 Å². The number of likely N-dealkylation sites (N-methyl/N-ethyl adjacent to an activating group) is 1. The molecule has 0 aliphatic heterocycles. The quantitative estimate of drug-likeness (QED) is 0.355. The van der Waals surface area contributed by atoms with Gasteiger partial charge >= 0.3 is 0 Å². The Hall–Kier alpha value is -1.27. The van der Waals surface area contributed by atoms with Gasteiger partial charge < -0.3 is 10.6 Å². The first-order valence-electron chi connectivity index (χ1n) is 4.89. The van der Waals surface area contributed by atoms with Gasteiger partial charge in [0.25, 0.3) is 0 Å². The molecule has 0 radical (unpaired) electrons. The molecule has 0 heterocycles. The zero-order valence-corrected chi connectivity index (χ0v) is 8.68. The highest BCUT2D eigenvalue weighted by atomic mass is 16.1. The highest BCUT2D eigenvalue weighted by Gasteiger charge is 1.92. The van der Waals surface area contributed by atoms with Gasteiger partial charge in [0.05, 0.1) is 0 Å². The van der Waals surface area contributed by atoms with Crippen molar-refractivity contribution < 1.29 is 4.79 Å². The first-order valence-corrected chi connectivity index (χ1v) is 4.89. The summed E-state index contributed by atoms with van der Waals surface area (Å²) >= 11 is 0. The van der Waals surface area contributed by atoms with Crippen LogP contribution in [0.15, 0.2) is 12.2 Å². The molecule has 0 saturated heterocycles. The molecular weight excluding hydrogens is 176 g/mol. The number of unbranched alkanes of at least 4 members (excludes halogenated alkanes) is 1. The van der Waals surface area contributed by atoms with Gasteiger partial charge in [-0.1, -0.05) is 13.0 Å². The second kappa shape index (κ2) is 9.82. The van der Waals surface area contributed by atoms with Gasteiger partial charge in [-0.25, -0.2) is 0 Å². The lowest BCUT2D eigenvalue weighted by molar-refractivity contribution is -0.116. The topological polar surface area (TPSA) is 41.1 Å². The first kappa shape index (κ1) is 12.7. The minimum Gasteiger partial charge on any atom is -0.353 e. The lowest BCUT2D eigenvalue weighted by Gasteiger charge is -1.99. The van der Waals surface area contributed by atoms with Gasteiger partial charge in [-0.2, -0.15) is 0 Å². The smallest absolute Gasteiger partial charge is 0.243 e. The second-order valence-electron chi connectivity index (χ2n) is 2.81. The number of hydrogen-bond donors (Lipinski definition) is 2. The molecule has 0 spiro atoms.